The molecule has 0 aliphatic rings. The van der Waals surface area contributed by atoms with Crippen LogP contribution in [-0.2, 0) is 14.3 Å². The third-order valence-electron chi connectivity index (χ3n) is 3.79. The molecule has 11 heteroatoms. The van der Waals surface area contributed by atoms with Crippen molar-refractivity contribution in [2.75, 3.05) is 26.1 Å². The maximum absolute atomic E-state index is 12.2. The maximum atomic E-state index is 12.2. The van der Waals surface area contributed by atoms with Gasteiger partial charge in [0.1, 0.15) is 16.7 Å². The van der Waals surface area contributed by atoms with Crippen LogP contribution in [0.3, 0.4) is 0 Å². The van der Waals surface area contributed by atoms with Crippen molar-refractivity contribution < 1.29 is 28.7 Å². The van der Waals surface area contributed by atoms with E-state index in [0.717, 1.165) is 11.8 Å². The molecule has 0 spiro atoms. The SMILES string of the molecule is COc1cc(NC(=O)COC(=O)C(C)Sc2ccc([N+](=O)[O-])cc2)c(OC)cc1Cl. The van der Waals surface area contributed by atoms with Crippen LogP contribution in [0.5, 0.6) is 11.5 Å². The normalized spacial score (nSPS) is 11.3. The first-order chi connectivity index (χ1) is 14.2. The Morgan fingerprint density at radius 3 is 2.37 bits per heavy atom. The first-order valence-electron chi connectivity index (χ1n) is 8.54. The molecule has 30 heavy (non-hydrogen) atoms. The molecular weight excluding hydrogens is 436 g/mol. The predicted octanol–water partition coefficient (Wildman–Crippen LogP) is 3.93. The molecule has 0 fully saturated rings. The summed E-state index contributed by atoms with van der Waals surface area (Å²) >= 11 is 7.18. The molecule has 0 bridgehead atoms. The lowest BCUT2D eigenvalue weighted by Crippen LogP contribution is -2.25. The summed E-state index contributed by atoms with van der Waals surface area (Å²) in [6.07, 6.45) is 0. The molecule has 1 N–H and O–H groups in total. The van der Waals surface area contributed by atoms with E-state index in [-0.39, 0.29) is 5.69 Å². The summed E-state index contributed by atoms with van der Waals surface area (Å²) in [5.41, 5.74) is 0.272. The average molecular weight is 455 g/mol. The Morgan fingerprint density at radius 2 is 1.80 bits per heavy atom. The number of methoxy groups -OCH3 is 2. The third-order valence-corrected chi connectivity index (χ3v) is 5.17. The first-order valence-corrected chi connectivity index (χ1v) is 9.80. The van der Waals surface area contributed by atoms with E-state index in [4.69, 9.17) is 25.8 Å². The lowest BCUT2D eigenvalue weighted by Gasteiger charge is -2.14. The van der Waals surface area contributed by atoms with Crippen molar-refractivity contribution in [3.63, 3.8) is 0 Å². The molecule has 0 aliphatic heterocycles. The summed E-state index contributed by atoms with van der Waals surface area (Å²) < 4.78 is 15.3. The highest BCUT2D eigenvalue weighted by Gasteiger charge is 2.19. The molecule has 9 nitrogen and oxygen atoms in total. The van der Waals surface area contributed by atoms with Crippen LogP contribution < -0.4 is 14.8 Å². The minimum atomic E-state index is -0.621. The fourth-order valence-electron chi connectivity index (χ4n) is 2.30. The van der Waals surface area contributed by atoms with Gasteiger partial charge in [-0.2, -0.15) is 0 Å². The number of rotatable bonds is 9. The molecule has 0 heterocycles. The molecule has 0 aliphatic carbocycles. The molecule has 160 valence electrons. The Bertz CT molecular complexity index is 937. The number of anilines is 1. The topological polar surface area (TPSA) is 117 Å². The highest BCUT2D eigenvalue weighted by atomic mass is 35.5. The second-order valence-electron chi connectivity index (χ2n) is 5.85. The summed E-state index contributed by atoms with van der Waals surface area (Å²) in [6, 6.07) is 8.76. The van der Waals surface area contributed by atoms with Crippen molar-refractivity contribution in [3.05, 3.63) is 51.5 Å². The minimum Gasteiger partial charge on any atom is -0.495 e. The number of esters is 1. The van der Waals surface area contributed by atoms with Gasteiger partial charge in [0.25, 0.3) is 11.6 Å². The lowest BCUT2D eigenvalue weighted by atomic mass is 10.2. The van der Waals surface area contributed by atoms with E-state index in [0.29, 0.717) is 27.1 Å². The third kappa shape index (κ3) is 6.26. The van der Waals surface area contributed by atoms with Gasteiger partial charge in [-0.25, -0.2) is 0 Å². The van der Waals surface area contributed by atoms with E-state index in [1.165, 1.54) is 38.5 Å². The second kappa shape index (κ2) is 10.7. The van der Waals surface area contributed by atoms with E-state index < -0.39 is 28.7 Å². The van der Waals surface area contributed by atoms with Crippen LogP contribution in [0, 0.1) is 10.1 Å². The van der Waals surface area contributed by atoms with Gasteiger partial charge < -0.3 is 19.5 Å². The van der Waals surface area contributed by atoms with Crippen molar-refractivity contribution >= 4 is 46.6 Å². The number of benzene rings is 2. The van der Waals surface area contributed by atoms with Crippen molar-refractivity contribution in [1.82, 2.24) is 0 Å². The van der Waals surface area contributed by atoms with Crippen LogP contribution in [0.2, 0.25) is 5.02 Å². The van der Waals surface area contributed by atoms with Crippen molar-refractivity contribution in [3.8, 4) is 11.5 Å². The standard InChI is InChI=1S/C19H19ClN2O7S/c1-11(30-13-6-4-12(5-7-13)22(25)26)19(24)29-10-18(23)21-15-9-16(27-2)14(20)8-17(15)28-3/h4-9,11H,10H2,1-3H3,(H,21,23). The van der Waals surface area contributed by atoms with Gasteiger partial charge in [-0.05, 0) is 19.1 Å². The molecule has 2 rings (SSSR count). The predicted molar refractivity (Wildman–Crippen MR) is 113 cm³/mol. The Morgan fingerprint density at radius 1 is 1.17 bits per heavy atom. The van der Waals surface area contributed by atoms with Gasteiger partial charge in [-0.1, -0.05) is 11.6 Å². The van der Waals surface area contributed by atoms with E-state index in [2.05, 4.69) is 5.32 Å². The van der Waals surface area contributed by atoms with Crippen molar-refractivity contribution in [2.24, 2.45) is 0 Å². The van der Waals surface area contributed by atoms with E-state index in [1.54, 1.807) is 19.1 Å². The van der Waals surface area contributed by atoms with Crippen molar-refractivity contribution in [1.29, 1.82) is 0 Å². The zero-order valence-corrected chi connectivity index (χ0v) is 17.9. The monoisotopic (exact) mass is 454 g/mol. The van der Waals surface area contributed by atoms with Gasteiger partial charge in [0.15, 0.2) is 6.61 Å². The Kier molecular flexibility index (Phi) is 8.31. The number of thioether (sulfide) groups is 1. The van der Waals surface area contributed by atoms with E-state index >= 15 is 0 Å². The van der Waals surface area contributed by atoms with E-state index in [9.17, 15) is 19.7 Å². The van der Waals surface area contributed by atoms with Crippen LogP contribution in [0.1, 0.15) is 6.92 Å². The maximum Gasteiger partial charge on any atom is 0.319 e. The van der Waals surface area contributed by atoms with Gasteiger partial charge in [0.2, 0.25) is 0 Å². The van der Waals surface area contributed by atoms with Crippen LogP contribution in [-0.4, -0.2) is 42.9 Å². The van der Waals surface area contributed by atoms with Gasteiger partial charge >= 0.3 is 5.97 Å². The molecule has 1 unspecified atom stereocenters. The van der Waals surface area contributed by atoms with Gasteiger partial charge in [-0.3, -0.25) is 19.7 Å². The van der Waals surface area contributed by atoms with E-state index in [1.807, 2.05) is 0 Å². The number of hydrogen-bond acceptors (Lipinski definition) is 8. The number of amides is 1. The summed E-state index contributed by atoms with van der Waals surface area (Å²) in [5, 5.41) is 12.9. The summed E-state index contributed by atoms with van der Waals surface area (Å²) in [6.45, 7) is 1.11. The average Bonchev–Trinajstić information content (AvgIpc) is 2.73. The largest absolute Gasteiger partial charge is 0.495 e. The van der Waals surface area contributed by atoms with Crippen LogP contribution >= 0.6 is 23.4 Å². The van der Waals surface area contributed by atoms with Gasteiger partial charge in [-0.15, -0.1) is 11.8 Å². The fourth-order valence-corrected chi connectivity index (χ4v) is 3.39. The number of nitro benzene ring substituents is 1. The number of halogens is 1. The molecule has 2 aromatic rings. The zero-order chi connectivity index (χ0) is 22.3. The zero-order valence-electron chi connectivity index (χ0n) is 16.3. The highest BCUT2D eigenvalue weighted by Crippen LogP contribution is 2.35. The lowest BCUT2D eigenvalue weighted by molar-refractivity contribution is -0.384. The number of carbonyl (C=O) groups is 2. The molecule has 1 atom stereocenters. The van der Waals surface area contributed by atoms with Gasteiger partial charge in [0.05, 0.1) is 29.9 Å². The molecule has 1 amide bonds. The summed E-state index contributed by atoms with van der Waals surface area (Å²) in [7, 11) is 2.86. The number of nitrogens with zero attached hydrogens (tertiary/aromatic N) is 1. The van der Waals surface area contributed by atoms with Crippen LogP contribution in [0.15, 0.2) is 41.3 Å². The number of non-ortho nitro benzene ring substituents is 1. The molecule has 0 saturated heterocycles. The van der Waals surface area contributed by atoms with Crippen LogP contribution in [0.4, 0.5) is 11.4 Å². The smallest absolute Gasteiger partial charge is 0.319 e. The molecule has 2 aromatic carbocycles. The first kappa shape index (κ1) is 23.3. The van der Waals surface area contributed by atoms with Crippen molar-refractivity contribution in [2.45, 2.75) is 17.1 Å². The fraction of sp³-hybridized carbons (Fsp3) is 0.263. The molecule has 0 saturated carbocycles. The Balaban J connectivity index is 1.91. The minimum absolute atomic E-state index is 0.0412. The Hall–Kier alpha value is -2.98. The summed E-state index contributed by atoms with van der Waals surface area (Å²) in [5.74, 6) is -0.506. The summed E-state index contributed by atoms with van der Waals surface area (Å²) in [4.78, 5) is 35.2. The quantitative estimate of drug-likeness (QED) is 0.262. The second-order valence-corrected chi connectivity index (χ2v) is 7.68. The van der Waals surface area contributed by atoms with Crippen LogP contribution in [0.25, 0.3) is 0 Å². The Labute approximate surface area is 181 Å². The highest BCUT2D eigenvalue weighted by molar-refractivity contribution is 8.00. The van der Waals surface area contributed by atoms with Gasteiger partial charge in [0, 0.05) is 29.2 Å². The number of carbonyl (C=O) groups excluding carboxylic acids is 2. The number of ether oxygens (including phenoxy) is 3. The molecular formula is C19H19ClN2O7S. The molecule has 0 radical (unpaired) electrons. The number of hydrogen-bond donors (Lipinski definition) is 1. The molecule has 0 aromatic heterocycles. The number of nitro groups is 1. The number of nitrogens with one attached hydrogen (secondary N) is 1.